The van der Waals surface area contributed by atoms with E-state index >= 15 is 0 Å². The summed E-state index contributed by atoms with van der Waals surface area (Å²) in [5.74, 6) is -1.51. The van der Waals surface area contributed by atoms with Crippen LogP contribution in [0.2, 0.25) is 0 Å². The van der Waals surface area contributed by atoms with Gasteiger partial charge in [0.2, 0.25) is 0 Å². The van der Waals surface area contributed by atoms with Crippen LogP contribution >= 0.6 is 0 Å². The van der Waals surface area contributed by atoms with Gasteiger partial charge < -0.3 is 10.2 Å². The second-order valence-corrected chi connectivity index (χ2v) is 5.11. The summed E-state index contributed by atoms with van der Waals surface area (Å²) >= 11 is 0. The second-order valence-electron chi connectivity index (χ2n) is 5.11. The minimum absolute atomic E-state index is 0. The van der Waals surface area contributed by atoms with E-state index in [9.17, 15) is 9.59 Å². The third kappa shape index (κ3) is 13.7. The molecule has 0 aromatic carbocycles. The average Bonchev–Trinajstić information content (AvgIpc) is 1.83. The molecule has 2 N–H and O–H groups in total. The third-order valence-corrected chi connectivity index (χ3v) is 1.28. The van der Waals surface area contributed by atoms with E-state index in [1.165, 1.54) is 0 Å². The number of aliphatic carboxylic acids is 2. The molecule has 0 saturated carbocycles. The standard InChI is InChI=1S/2C5H10O2.Ag/c2*1-5(2,3)4(6)7;/h2*1-3H3,(H,6,7);. The Morgan fingerprint density at radius 1 is 0.733 bits per heavy atom. The molecule has 0 aromatic rings. The Kier molecular flexibility index (Phi) is 9.45. The van der Waals surface area contributed by atoms with Gasteiger partial charge >= 0.3 is 11.9 Å². The molecule has 0 fully saturated rings. The van der Waals surface area contributed by atoms with E-state index in [4.69, 9.17) is 10.2 Å². The fourth-order valence-electron chi connectivity index (χ4n) is 0. The summed E-state index contributed by atoms with van der Waals surface area (Å²) in [6, 6.07) is 0. The van der Waals surface area contributed by atoms with Crippen LogP contribution in [-0.2, 0) is 32.0 Å². The summed E-state index contributed by atoms with van der Waals surface area (Å²) in [6.45, 7) is 9.97. The first-order chi connectivity index (χ1) is 5.89. The molecule has 15 heavy (non-hydrogen) atoms. The third-order valence-electron chi connectivity index (χ3n) is 1.28. The van der Waals surface area contributed by atoms with Crippen molar-refractivity contribution in [2.45, 2.75) is 41.5 Å². The Labute approximate surface area is 107 Å². The van der Waals surface area contributed by atoms with E-state index in [0.717, 1.165) is 0 Å². The molecule has 0 aliphatic heterocycles. The number of carboxylic acids is 2. The first kappa shape index (κ1) is 20.1. The van der Waals surface area contributed by atoms with E-state index in [2.05, 4.69) is 0 Å². The minimum atomic E-state index is -0.757. The van der Waals surface area contributed by atoms with Crippen molar-refractivity contribution < 1.29 is 42.2 Å². The van der Waals surface area contributed by atoms with Gasteiger partial charge in [-0.2, -0.15) is 0 Å². The zero-order valence-corrected chi connectivity index (χ0v) is 11.5. The van der Waals surface area contributed by atoms with Crippen LogP contribution in [0, 0.1) is 10.8 Å². The predicted molar refractivity (Wildman–Crippen MR) is 54.2 cm³/mol. The normalized spacial score (nSPS) is 10.5. The molecule has 0 atom stereocenters. The van der Waals surface area contributed by atoms with Gasteiger partial charge in [-0.15, -0.1) is 0 Å². The molecule has 1 radical (unpaired) electrons. The van der Waals surface area contributed by atoms with Crippen molar-refractivity contribution in [3.8, 4) is 0 Å². The summed E-state index contributed by atoms with van der Waals surface area (Å²) in [4.78, 5) is 20.0. The van der Waals surface area contributed by atoms with Crippen molar-refractivity contribution in [2.24, 2.45) is 10.8 Å². The zero-order chi connectivity index (χ0) is 12.2. The molecule has 0 heterocycles. The summed E-state index contributed by atoms with van der Waals surface area (Å²) in [7, 11) is 0. The summed E-state index contributed by atoms with van der Waals surface area (Å²) in [6.07, 6.45) is 0. The molecule has 0 bridgehead atoms. The topological polar surface area (TPSA) is 74.6 Å². The van der Waals surface area contributed by atoms with Crippen molar-refractivity contribution in [2.75, 3.05) is 0 Å². The van der Waals surface area contributed by atoms with Gasteiger partial charge in [-0.3, -0.25) is 9.59 Å². The summed E-state index contributed by atoms with van der Waals surface area (Å²) < 4.78 is 0. The molecule has 0 rings (SSSR count). The first-order valence-corrected chi connectivity index (χ1v) is 4.36. The van der Waals surface area contributed by atoms with Gasteiger partial charge in [-0.25, -0.2) is 0 Å². The fourth-order valence-corrected chi connectivity index (χ4v) is 0. The number of rotatable bonds is 0. The zero-order valence-electron chi connectivity index (χ0n) is 10.0. The van der Waals surface area contributed by atoms with Crippen LogP contribution in [0.1, 0.15) is 41.5 Å². The maximum absolute atomic E-state index is 10.0. The van der Waals surface area contributed by atoms with Crippen LogP contribution in [0.25, 0.3) is 0 Å². The van der Waals surface area contributed by atoms with Gasteiger partial charge in [-0.1, -0.05) is 0 Å². The van der Waals surface area contributed by atoms with Crippen LogP contribution in [0.5, 0.6) is 0 Å². The molecule has 0 unspecified atom stereocenters. The number of hydrogen-bond acceptors (Lipinski definition) is 2. The van der Waals surface area contributed by atoms with Crippen molar-refractivity contribution in [3.05, 3.63) is 0 Å². The fraction of sp³-hybridized carbons (Fsp3) is 0.800. The predicted octanol–water partition coefficient (Wildman–Crippen LogP) is 2.23. The van der Waals surface area contributed by atoms with Crippen LogP contribution in [0.15, 0.2) is 0 Å². The SMILES string of the molecule is CC(C)(C)C(=O)O.CC(C)(C)C(=O)O.[Ag]. The van der Waals surface area contributed by atoms with Crippen LogP contribution in [-0.4, -0.2) is 22.2 Å². The summed E-state index contributed by atoms with van der Waals surface area (Å²) in [5, 5.41) is 16.5. The number of carbonyl (C=O) groups is 2. The van der Waals surface area contributed by atoms with Crippen molar-refractivity contribution in [1.82, 2.24) is 0 Å². The molecular weight excluding hydrogens is 292 g/mol. The quantitative estimate of drug-likeness (QED) is 0.673. The number of hydrogen-bond donors (Lipinski definition) is 2. The maximum atomic E-state index is 10.0. The smallest absolute Gasteiger partial charge is 0.308 e. The molecule has 0 aliphatic rings. The van der Waals surface area contributed by atoms with Crippen LogP contribution in [0.4, 0.5) is 0 Å². The van der Waals surface area contributed by atoms with E-state index in [1.54, 1.807) is 41.5 Å². The molecular formula is C10H20AgO4. The molecule has 0 saturated heterocycles. The summed E-state index contributed by atoms with van der Waals surface area (Å²) in [5.41, 5.74) is -1.17. The molecule has 0 spiro atoms. The molecule has 95 valence electrons. The minimum Gasteiger partial charge on any atom is -0.481 e. The molecule has 4 nitrogen and oxygen atoms in total. The monoisotopic (exact) mass is 311 g/mol. The Balaban J connectivity index is -0.000000180. The molecule has 0 amide bonds. The van der Waals surface area contributed by atoms with Gasteiger partial charge in [0.15, 0.2) is 0 Å². The van der Waals surface area contributed by atoms with Gasteiger partial charge in [0, 0.05) is 22.4 Å². The van der Waals surface area contributed by atoms with Gasteiger partial charge in [0.1, 0.15) is 0 Å². The maximum Gasteiger partial charge on any atom is 0.308 e. The van der Waals surface area contributed by atoms with Crippen molar-refractivity contribution in [1.29, 1.82) is 0 Å². The van der Waals surface area contributed by atoms with Crippen molar-refractivity contribution >= 4 is 11.9 Å². The average molecular weight is 312 g/mol. The Hall–Kier alpha value is -0.320. The molecule has 5 heteroatoms. The van der Waals surface area contributed by atoms with E-state index in [0.29, 0.717) is 0 Å². The largest absolute Gasteiger partial charge is 0.481 e. The van der Waals surface area contributed by atoms with Gasteiger partial charge in [0.25, 0.3) is 0 Å². The van der Waals surface area contributed by atoms with Gasteiger partial charge in [-0.05, 0) is 41.5 Å². The molecule has 0 aromatic heterocycles. The number of carboxylic acid groups (broad SMARTS) is 2. The molecule has 0 aliphatic carbocycles. The van der Waals surface area contributed by atoms with E-state index < -0.39 is 22.8 Å². The van der Waals surface area contributed by atoms with Crippen LogP contribution in [0.3, 0.4) is 0 Å². The first-order valence-electron chi connectivity index (χ1n) is 4.36. The van der Waals surface area contributed by atoms with E-state index in [1.807, 2.05) is 0 Å². The Bertz CT molecular complexity index is 186. The second kappa shape index (κ2) is 7.04. The Morgan fingerprint density at radius 3 is 0.800 bits per heavy atom. The van der Waals surface area contributed by atoms with Crippen LogP contribution < -0.4 is 0 Å². The van der Waals surface area contributed by atoms with Gasteiger partial charge in [0.05, 0.1) is 10.8 Å². The van der Waals surface area contributed by atoms with Crippen molar-refractivity contribution in [3.63, 3.8) is 0 Å². The van der Waals surface area contributed by atoms with E-state index in [-0.39, 0.29) is 22.4 Å². The Morgan fingerprint density at radius 2 is 0.800 bits per heavy atom.